The second-order valence-corrected chi connectivity index (χ2v) is 6.36. The minimum absolute atomic E-state index is 0.218. The molecule has 0 aliphatic heterocycles. The van der Waals surface area contributed by atoms with E-state index >= 15 is 0 Å². The Bertz CT molecular complexity index is 726. The molecule has 2 rings (SSSR count). The summed E-state index contributed by atoms with van der Waals surface area (Å²) in [6, 6.07) is 7.71. The number of nitrogen functional groups attached to an aromatic ring is 1. The van der Waals surface area contributed by atoms with Crippen molar-refractivity contribution < 1.29 is 0 Å². The van der Waals surface area contributed by atoms with Crippen molar-refractivity contribution in [1.82, 2.24) is 9.97 Å². The predicted octanol–water partition coefficient (Wildman–Crippen LogP) is 3.60. The maximum absolute atomic E-state index is 6.12. The molecule has 0 saturated heterocycles. The van der Waals surface area contributed by atoms with Crippen LogP contribution in [0.3, 0.4) is 0 Å². The number of benzene rings is 1. The third kappa shape index (κ3) is 3.49. The smallest absolute Gasteiger partial charge is 0.157 e. The lowest BCUT2D eigenvalue weighted by Gasteiger charge is -2.19. The molecular weight excluding hydrogens is 296 g/mol. The number of hydrogen-bond acceptors (Lipinski definition) is 4. The minimum Gasteiger partial charge on any atom is -0.393 e. The topological polar surface area (TPSA) is 63.8 Å². The Balaban J connectivity index is 2.30. The average molecular weight is 315 g/mol. The molecule has 2 aromatic rings. The first kappa shape index (κ1) is 16.1. The first-order valence-electron chi connectivity index (χ1n) is 6.95. The zero-order chi connectivity index (χ0) is 16.3. The zero-order valence-corrected chi connectivity index (χ0v) is 13.7. The molecule has 0 fully saturated rings. The lowest BCUT2D eigenvalue weighted by molar-refractivity contribution is 0.546. The summed E-state index contributed by atoms with van der Waals surface area (Å²) in [4.78, 5) is 8.74. The van der Waals surface area contributed by atoms with E-state index in [9.17, 15) is 0 Å². The van der Waals surface area contributed by atoms with E-state index in [1.165, 1.54) is 0 Å². The van der Waals surface area contributed by atoms with Crippen LogP contribution in [-0.2, 0) is 12.0 Å². The van der Waals surface area contributed by atoms with Gasteiger partial charge in [0.25, 0.3) is 0 Å². The molecule has 0 aliphatic carbocycles. The summed E-state index contributed by atoms with van der Waals surface area (Å²) < 4.78 is 0. The van der Waals surface area contributed by atoms with Gasteiger partial charge in [-0.25, -0.2) is 9.97 Å². The largest absolute Gasteiger partial charge is 0.393 e. The van der Waals surface area contributed by atoms with Crippen molar-refractivity contribution in [3.63, 3.8) is 0 Å². The molecular formula is C17H19ClN4. The highest BCUT2D eigenvalue weighted by atomic mass is 35.5. The quantitative estimate of drug-likeness (QED) is 0.671. The van der Waals surface area contributed by atoms with Crippen LogP contribution in [0.2, 0.25) is 5.15 Å². The average Bonchev–Trinajstić information content (AvgIpc) is 2.47. The number of nitrogens with zero attached hydrogens (tertiary/aromatic N) is 2. The zero-order valence-electron chi connectivity index (χ0n) is 12.9. The van der Waals surface area contributed by atoms with Crippen LogP contribution < -0.4 is 11.1 Å². The third-order valence-electron chi connectivity index (χ3n) is 3.19. The predicted molar refractivity (Wildman–Crippen MR) is 91.9 cm³/mol. The second-order valence-electron chi connectivity index (χ2n) is 6.01. The Morgan fingerprint density at radius 2 is 1.95 bits per heavy atom. The van der Waals surface area contributed by atoms with Crippen LogP contribution >= 0.6 is 11.6 Å². The normalized spacial score (nSPS) is 11.0. The molecule has 114 valence electrons. The molecule has 0 amide bonds. The first-order valence-corrected chi connectivity index (χ1v) is 7.32. The van der Waals surface area contributed by atoms with E-state index in [0.29, 0.717) is 23.9 Å². The Morgan fingerprint density at radius 1 is 1.27 bits per heavy atom. The highest BCUT2D eigenvalue weighted by molar-refractivity contribution is 6.32. The van der Waals surface area contributed by atoms with Gasteiger partial charge in [-0.05, 0) is 11.6 Å². The lowest BCUT2D eigenvalue weighted by atomic mass is 9.96. The Morgan fingerprint density at radius 3 is 2.59 bits per heavy atom. The third-order valence-corrected chi connectivity index (χ3v) is 3.48. The molecule has 0 unspecified atom stereocenters. The van der Waals surface area contributed by atoms with Gasteiger partial charge in [-0.1, -0.05) is 56.5 Å². The molecule has 0 bridgehead atoms. The van der Waals surface area contributed by atoms with E-state index in [1.54, 1.807) is 0 Å². The van der Waals surface area contributed by atoms with Crippen LogP contribution in [0.4, 0.5) is 11.5 Å². The molecule has 0 atom stereocenters. The number of anilines is 2. The van der Waals surface area contributed by atoms with Crippen molar-refractivity contribution in [2.75, 3.05) is 11.1 Å². The van der Waals surface area contributed by atoms with E-state index in [4.69, 9.17) is 23.8 Å². The molecule has 0 aliphatic rings. The maximum atomic E-state index is 6.12. The summed E-state index contributed by atoms with van der Waals surface area (Å²) in [5.74, 6) is 3.83. The van der Waals surface area contributed by atoms with Crippen LogP contribution in [0.25, 0.3) is 0 Å². The fourth-order valence-corrected chi connectivity index (χ4v) is 2.08. The van der Waals surface area contributed by atoms with Crippen molar-refractivity contribution in [1.29, 1.82) is 0 Å². The fraction of sp³-hybridized carbons (Fsp3) is 0.294. The highest BCUT2D eigenvalue weighted by Crippen LogP contribution is 2.28. The van der Waals surface area contributed by atoms with Crippen molar-refractivity contribution in [3.8, 4) is 12.3 Å². The van der Waals surface area contributed by atoms with Gasteiger partial charge in [0.2, 0.25) is 0 Å². The SMILES string of the molecule is C#Cc1ccccc1CNc1nc(C(C)(C)C)nc(Cl)c1N. The van der Waals surface area contributed by atoms with Crippen LogP contribution in [0, 0.1) is 12.3 Å². The van der Waals surface area contributed by atoms with Crippen molar-refractivity contribution >= 4 is 23.1 Å². The van der Waals surface area contributed by atoms with Crippen molar-refractivity contribution in [2.45, 2.75) is 32.7 Å². The summed E-state index contributed by atoms with van der Waals surface area (Å²) in [6.45, 7) is 6.58. The van der Waals surface area contributed by atoms with Gasteiger partial charge in [-0.2, -0.15) is 0 Å². The van der Waals surface area contributed by atoms with E-state index < -0.39 is 0 Å². The second kappa shape index (κ2) is 6.25. The summed E-state index contributed by atoms with van der Waals surface area (Å²) in [6.07, 6.45) is 5.51. The van der Waals surface area contributed by atoms with E-state index in [2.05, 4.69) is 21.2 Å². The molecule has 22 heavy (non-hydrogen) atoms. The van der Waals surface area contributed by atoms with Gasteiger partial charge in [0, 0.05) is 17.5 Å². The molecule has 3 N–H and O–H groups in total. The highest BCUT2D eigenvalue weighted by Gasteiger charge is 2.21. The fourth-order valence-electron chi connectivity index (χ4n) is 1.91. The van der Waals surface area contributed by atoms with Crippen LogP contribution in [0.1, 0.15) is 37.7 Å². The molecule has 0 spiro atoms. The van der Waals surface area contributed by atoms with Gasteiger partial charge in [-0.3, -0.25) is 0 Å². The monoisotopic (exact) mass is 314 g/mol. The minimum atomic E-state index is -0.218. The summed E-state index contributed by atoms with van der Waals surface area (Å²) >= 11 is 6.12. The van der Waals surface area contributed by atoms with Crippen LogP contribution in [-0.4, -0.2) is 9.97 Å². The Kier molecular flexibility index (Phi) is 4.58. The van der Waals surface area contributed by atoms with Gasteiger partial charge >= 0.3 is 0 Å². The number of nitrogens with one attached hydrogen (secondary N) is 1. The van der Waals surface area contributed by atoms with E-state index in [1.807, 2.05) is 45.0 Å². The summed E-state index contributed by atoms with van der Waals surface area (Å²) in [5.41, 5.74) is 7.93. The number of rotatable bonds is 3. The van der Waals surface area contributed by atoms with Crippen LogP contribution in [0.15, 0.2) is 24.3 Å². The number of halogens is 1. The maximum Gasteiger partial charge on any atom is 0.157 e. The Labute approximate surface area is 136 Å². The van der Waals surface area contributed by atoms with Gasteiger partial charge < -0.3 is 11.1 Å². The number of aromatic nitrogens is 2. The van der Waals surface area contributed by atoms with Gasteiger partial charge in [0.15, 0.2) is 11.0 Å². The number of nitrogens with two attached hydrogens (primary N) is 1. The summed E-state index contributed by atoms with van der Waals surface area (Å²) in [7, 11) is 0. The molecule has 1 aromatic carbocycles. The van der Waals surface area contributed by atoms with Gasteiger partial charge in [-0.15, -0.1) is 6.42 Å². The number of terminal acetylenes is 1. The number of hydrogen-bond donors (Lipinski definition) is 2. The van der Waals surface area contributed by atoms with E-state index in [0.717, 1.165) is 11.1 Å². The van der Waals surface area contributed by atoms with Crippen molar-refractivity contribution in [3.05, 3.63) is 46.4 Å². The molecule has 0 saturated carbocycles. The standard InChI is InChI=1S/C17H19ClN4/c1-5-11-8-6-7-9-12(11)10-20-15-13(19)14(18)21-16(22-15)17(2,3)4/h1,6-9H,10,19H2,2-4H3,(H,20,21,22). The van der Waals surface area contributed by atoms with Gasteiger partial charge in [0.05, 0.1) is 0 Å². The molecule has 4 nitrogen and oxygen atoms in total. The van der Waals surface area contributed by atoms with Crippen molar-refractivity contribution in [2.24, 2.45) is 0 Å². The molecule has 1 aromatic heterocycles. The first-order chi connectivity index (χ1) is 10.3. The van der Waals surface area contributed by atoms with E-state index in [-0.39, 0.29) is 10.6 Å². The molecule has 1 heterocycles. The lowest BCUT2D eigenvalue weighted by Crippen LogP contribution is -2.18. The van der Waals surface area contributed by atoms with Gasteiger partial charge in [0.1, 0.15) is 11.5 Å². The molecule has 0 radical (unpaired) electrons. The molecule has 5 heteroatoms. The van der Waals surface area contributed by atoms with Crippen LogP contribution in [0.5, 0.6) is 0 Å². The summed E-state index contributed by atoms with van der Waals surface area (Å²) in [5, 5.41) is 3.46. The Hall–Kier alpha value is -2.25.